The zero-order valence-electron chi connectivity index (χ0n) is 26.8. The van der Waals surface area contributed by atoms with E-state index < -0.39 is 5.60 Å². The number of benzene rings is 2. The molecule has 5 rings (SSSR count). The lowest BCUT2D eigenvalue weighted by Crippen LogP contribution is -2.51. The number of carbonyl (C=O) groups is 4. The Morgan fingerprint density at radius 3 is 2.05 bits per heavy atom. The van der Waals surface area contributed by atoms with Crippen LogP contribution in [0.5, 0.6) is 0 Å². The molecule has 0 saturated carbocycles. The van der Waals surface area contributed by atoms with Crippen LogP contribution < -0.4 is 9.47 Å². The van der Waals surface area contributed by atoms with Crippen LogP contribution in [0.25, 0.3) is 11.0 Å². The molecule has 0 atom stereocenters. The molecule has 11 heteroatoms. The van der Waals surface area contributed by atoms with Crippen LogP contribution in [0.2, 0.25) is 0 Å². The molecule has 11 nitrogen and oxygen atoms in total. The summed E-state index contributed by atoms with van der Waals surface area (Å²) >= 11 is 0. The van der Waals surface area contributed by atoms with Gasteiger partial charge < -0.3 is 19.4 Å². The lowest BCUT2D eigenvalue weighted by atomic mass is 10.1. The van der Waals surface area contributed by atoms with Gasteiger partial charge in [-0.05, 0) is 46.2 Å². The number of ether oxygens (including phenoxy) is 1. The first kappa shape index (κ1) is 31.0. The third kappa shape index (κ3) is 5.62. The number of piperazine rings is 1. The third-order valence-corrected chi connectivity index (χ3v) is 8.17. The Balaban J connectivity index is 1.50. The van der Waals surface area contributed by atoms with E-state index in [1.807, 2.05) is 58.8 Å². The normalized spacial score (nSPS) is 15.3. The van der Waals surface area contributed by atoms with E-state index in [0.29, 0.717) is 56.0 Å². The van der Waals surface area contributed by atoms with E-state index in [9.17, 15) is 19.2 Å². The van der Waals surface area contributed by atoms with Crippen LogP contribution in [0.3, 0.4) is 0 Å². The van der Waals surface area contributed by atoms with Gasteiger partial charge in [0, 0.05) is 52.4 Å². The van der Waals surface area contributed by atoms with Gasteiger partial charge in [-0.1, -0.05) is 19.1 Å². The van der Waals surface area contributed by atoms with Gasteiger partial charge in [0.15, 0.2) is 11.0 Å². The molecular weight excluding hydrogens is 560 g/mol. The van der Waals surface area contributed by atoms with Crippen molar-refractivity contribution in [3.8, 4) is 0 Å². The third-order valence-electron chi connectivity index (χ3n) is 8.17. The standard InChI is InChI=1S/C33H43N6O5/c1-8-14-38-27-20-25(34(6)7)24(29(40)35-15-17-36(18-16-35)32(43)44-33(3,4)5)19-26(27)37(9-2)28(38)21-39-30(41)22-12-10-11-13-23(22)31(39)42/h10-13,19-20H,8-9,14-18,21H2,1-7H3/q+1. The monoisotopic (exact) mass is 603 g/mol. The molecule has 3 aromatic rings. The predicted molar refractivity (Wildman–Crippen MR) is 167 cm³/mol. The van der Waals surface area contributed by atoms with Crippen LogP contribution in [-0.4, -0.2) is 89.0 Å². The summed E-state index contributed by atoms with van der Waals surface area (Å²) in [4.78, 5) is 59.9. The smallest absolute Gasteiger partial charge is 0.410 e. The molecule has 2 aliphatic heterocycles. The fraction of sp³-hybridized carbons (Fsp3) is 0.485. The molecule has 0 radical (unpaired) electrons. The van der Waals surface area contributed by atoms with E-state index >= 15 is 0 Å². The molecule has 1 saturated heterocycles. The number of hydrogen-bond donors (Lipinski definition) is 0. The second kappa shape index (κ2) is 11.9. The van der Waals surface area contributed by atoms with Crippen molar-refractivity contribution in [2.75, 3.05) is 45.2 Å². The topological polar surface area (TPSA) is 99.3 Å². The molecule has 44 heavy (non-hydrogen) atoms. The molecule has 2 aromatic carbocycles. The number of nitrogens with zero attached hydrogens (tertiary/aromatic N) is 6. The lowest BCUT2D eigenvalue weighted by Gasteiger charge is -2.36. The summed E-state index contributed by atoms with van der Waals surface area (Å²) in [5.74, 6) is 0.139. The summed E-state index contributed by atoms with van der Waals surface area (Å²) in [5, 5.41) is 0. The van der Waals surface area contributed by atoms with Gasteiger partial charge in [-0.2, -0.15) is 0 Å². The van der Waals surface area contributed by atoms with E-state index in [-0.39, 0.29) is 30.4 Å². The maximum Gasteiger partial charge on any atom is 0.410 e. The molecule has 0 bridgehead atoms. The van der Waals surface area contributed by atoms with Crippen LogP contribution in [0.1, 0.15) is 77.9 Å². The number of fused-ring (bicyclic) bond motifs is 2. The molecule has 0 aliphatic carbocycles. The van der Waals surface area contributed by atoms with Crippen LogP contribution in [0.15, 0.2) is 36.4 Å². The van der Waals surface area contributed by atoms with E-state index in [4.69, 9.17) is 4.74 Å². The number of amides is 4. The molecule has 1 fully saturated rings. The lowest BCUT2D eigenvalue weighted by molar-refractivity contribution is -0.680. The minimum Gasteiger partial charge on any atom is -0.444 e. The van der Waals surface area contributed by atoms with E-state index in [1.165, 1.54) is 4.90 Å². The predicted octanol–water partition coefficient (Wildman–Crippen LogP) is 3.91. The van der Waals surface area contributed by atoms with Crippen molar-refractivity contribution >= 4 is 40.5 Å². The first-order valence-electron chi connectivity index (χ1n) is 15.3. The number of aromatic nitrogens is 2. The van der Waals surface area contributed by atoms with Crippen molar-refractivity contribution in [1.29, 1.82) is 0 Å². The number of imidazole rings is 1. The van der Waals surface area contributed by atoms with Crippen molar-refractivity contribution in [2.45, 2.75) is 66.3 Å². The maximum atomic E-state index is 14.0. The van der Waals surface area contributed by atoms with E-state index in [2.05, 4.69) is 16.1 Å². The highest BCUT2D eigenvalue weighted by Gasteiger charge is 2.39. The van der Waals surface area contributed by atoms with Crippen LogP contribution in [0, 0.1) is 0 Å². The van der Waals surface area contributed by atoms with Gasteiger partial charge in [0.1, 0.15) is 12.1 Å². The number of carbonyl (C=O) groups excluding carboxylic acids is 4. The van der Waals surface area contributed by atoms with Gasteiger partial charge in [-0.3, -0.25) is 19.3 Å². The number of rotatable bonds is 7. The number of imide groups is 1. The SMILES string of the molecule is CCC[n+]1c(CN2C(=O)c3ccccc3C2=O)n(CC)c2cc(C(=O)N3CCN(C(=O)OC(C)(C)C)CC3)c(N(C)C)cc21. The van der Waals surface area contributed by atoms with Crippen molar-refractivity contribution in [3.63, 3.8) is 0 Å². The molecule has 1 aromatic heterocycles. The van der Waals surface area contributed by atoms with Gasteiger partial charge in [-0.15, -0.1) is 0 Å². The summed E-state index contributed by atoms with van der Waals surface area (Å²) in [6.07, 6.45) is 0.481. The zero-order valence-corrected chi connectivity index (χ0v) is 26.8. The first-order chi connectivity index (χ1) is 20.9. The molecule has 3 heterocycles. The van der Waals surface area contributed by atoms with Crippen molar-refractivity contribution in [2.24, 2.45) is 0 Å². The summed E-state index contributed by atoms with van der Waals surface area (Å²) in [6.45, 7) is 12.6. The Morgan fingerprint density at radius 2 is 1.52 bits per heavy atom. The fourth-order valence-electron chi connectivity index (χ4n) is 6.07. The first-order valence-corrected chi connectivity index (χ1v) is 15.3. The average Bonchev–Trinajstić information content (AvgIpc) is 3.41. The van der Waals surface area contributed by atoms with Gasteiger partial charge in [0.25, 0.3) is 23.5 Å². The van der Waals surface area contributed by atoms with Crippen LogP contribution in [0.4, 0.5) is 10.5 Å². The zero-order chi connectivity index (χ0) is 31.9. The molecule has 0 N–H and O–H groups in total. The molecule has 2 aliphatic rings. The Hall–Kier alpha value is -4.41. The minimum absolute atomic E-state index is 0.104. The molecule has 4 amide bonds. The average molecular weight is 604 g/mol. The van der Waals surface area contributed by atoms with Crippen molar-refractivity contribution in [1.82, 2.24) is 19.3 Å². The molecule has 234 valence electrons. The largest absolute Gasteiger partial charge is 0.444 e. The van der Waals surface area contributed by atoms with Crippen LogP contribution >= 0.6 is 0 Å². The van der Waals surface area contributed by atoms with Crippen molar-refractivity contribution in [3.05, 3.63) is 58.9 Å². The highest BCUT2D eigenvalue weighted by Crippen LogP contribution is 2.30. The summed E-state index contributed by atoms with van der Waals surface area (Å²) in [5.41, 5.74) is 3.42. The van der Waals surface area contributed by atoms with E-state index in [1.54, 1.807) is 34.1 Å². The Morgan fingerprint density at radius 1 is 0.932 bits per heavy atom. The second-order valence-electron chi connectivity index (χ2n) is 12.6. The number of anilines is 1. The van der Waals surface area contributed by atoms with Crippen molar-refractivity contribution < 1.29 is 28.5 Å². The molecular formula is C33H43N6O5+. The fourth-order valence-corrected chi connectivity index (χ4v) is 6.07. The Bertz CT molecular complexity index is 1590. The van der Waals surface area contributed by atoms with Crippen LogP contribution in [-0.2, 0) is 24.4 Å². The van der Waals surface area contributed by atoms with Gasteiger partial charge in [0.2, 0.25) is 0 Å². The maximum absolute atomic E-state index is 14.0. The minimum atomic E-state index is -0.582. The summed E-state index contributed by atoms with van der Waals surface area (Å²) in [7, 11) is 3.83. The number of hydrogen-bond acceptors (Lipinski definition) is 6. The number of aryl methyl sites for hydroxylation is 2. The van der Waals surface area contributed by atoms with Gasteiger partial charge in [0.05, 0.1) is 35.5 Å². The Kier molecular flexibility index (Phi) is 8.42. The quantitative estimate of drug-likeness (QED) is 0.300. The summed E-state index contributed by atoms with van der Waals surface area (Å²) < 4.78 is 9.79. The van der Waals surface area contributed by atoms with Gasteiger partial charge in [-0.25, -0.2) is 13.9 Å². The highest BCUT2D eigenvalue weighted by molar-refractivity contribution is 6.21. The Labute approximate surface area is 258 Å². The highest BCUT2D eigenvalue weighted by atomic mass is 16.6. The second-order valence-corrected chi connectivity index (χ2v) is 12.6. The molecule has 0 unspecified atom stereocenters. The van der Waals surface area contributed by atoms with E-state index in [0.717, 1.165) is 29.0 Å². The summed E-state index contributed by atoms with van der Waals surface area (Å²) in [6, 6.07) is 10.9. The molecule has 0 spiro atoms. The van der Waals surface area contributed by atoms with Gasteiger partial charge >= 0.3 is 6.09 Å².